The van der Waals surface area contributed by atoms with Crippen LogP contribution in [0.4, 0.5) is 8.78 Å². The van der Waals surface area contributed by atoms with Crippen LogP contribution in [0.25, 0.3) is 0 Å². The third-order valence-corrected chi connectivity index (χ3v) is 2.84. The van der Waals surface area contributed by atoms with Crippen LogP contribution in [0.2, 0.25) is 0 Å². The Bertz CT molecular complexity index is 275. The normalized spacial score (nSPS) is 10.2. The average Bonchev–Trinajstić information content (AvgIpc) is 1.97. The number of benzene rings is 1. The smallest absolute Gasteiger partial charge is 0.159 e. The van der Waals surface area contributed by atoms with E-state index in [1.54, 1.807) is 0 Å². The van der Waals surface area contributed by atoms with Crippen LogP contribution in [-0.2, 0) is 5.33 Å². The van der Waals surface area contributed by atoms with Gasteiger partial charge in [-0.2, -0.15) is 0 Å². The Balaban J connectivity index is 3.21. The number of alkyl halides is 1. The second kappa shape index (κ2) is 3.80. The Morgan fingerprint density at radius 1 is 1.27 bits per heavy atom. The molecule has 1 aromatic rings. The number of hydrogen-bond acceptors (Lipinski definition) is 0. The molecule has 60 valence electrons. The molecule has 0 saturated carbocycles. The molecule has 11 heavy (non-hydrogen) atoms. The van der Waals surface area contributed by atoms with Gasteiger partial charge in [-0.05, 0) is 40.3 Å². The van der Waals surface area contributed by atoms with E-state index < -0.39 is 11.6 Å². The van der Waals surface area contributed by atoms with Crippen LogP contribution in [0, 0.1) is 15.2 Å². The molecule has 0 aromatic heterocycles. The SMILES string of the molecule is Fc1cc(I)c(CBr)cc1F. The quantitative estimate of drug-likeness (QED) is 0.420. The van der Waals surface area contributed by atoms with E-state index in [0.717, 1.165) is 9.13 Å². The van der Waals surface area contributed by atoms with Gasteiger partial charge in [-0.15, -0.1) is 0 Å². The minimum absolute atomic E-state index is 0.544. The highest BCUT2D eigenvalue weighted by atomic mass is 127. The van der Waals surface area contributed by atoms with E-state index in [2.05, 4.69) is 15.9 Å². The van der Waals surface area contributed by atoms with Crippen molar-refractivity contribution < 1.29 is 8.78 Å². The van der Waals surface area contributed by atoms with Crippen molar-refractivity contribution in [3.63, 3.8) is 0 Å². The molecule has 1 aromatic carbocycles. The molecule has 0 atom stereocenters. The van der Waals surface area contributed by atoms with Crippen LogP contribution < -0.4 is 0 Å². The third kappa shape index (κ3) is 2.11. The topological polar surface area (TPSA) is 0 Å². The first kappa shape index (κ1) is 9.38. The minimum atomic E-state index is -0.792. The van der Waals surface area contributed by atoms with Crippen molar-refractivity contribution in [1.82, 2.24) is 0 Å². The van der Waals surface area contributed by atoms with Crippen molar-refractivity contribution in [2.75, 3.05) is 0 Å². The van der Waals surface area contributed by atoms with Crippen molar-refractivity contribution >= 4 is 38.5 Å². The molecule has 0 aliphatic heterocycles. The predicted molar refractivity (Wildman–Crippen MR) is 51.7 cm³/mol. The van der Waals surface area contributed by atoms with Crippen LogP contribution >= 0.6 is 38.5 Å². The molecule has 0 aliphatic carbocycles. The molecule has 1 rings (SSSR count). The molecule has 0 bridgehead atoms. The van der Waals surface area contributed by atoms with Crippen molar-refractivity contribution in [3.05, 3.63) is 32.9 Å². The summed E-state index contributed by atoms with van der Waals surface area (Å²) < 4.78 is 25.8. The lowest BCUT2D eigenvalue weighted by Crippen LogP contribution is -1.90. The summed E-state index contributed by atoms with van der Waals surface area (Å²) in [6, 6.07) is 2.39. The molecule has 0 heterocycles. The number of hydrogen-bond donors (Lipinski definition) is 0. The van der Waals surface area contributed by atoms with Gasteiger partial charge in [0, 0.05) is 8.90 Å². The number of halogens is 4. The fourth-order valence-corrected chi connectivity index (χ4v) is 2.27. The van der Waals surface area contributed by atoms with Gasteiger partial charge in [-0.25, -0.2) is 8.78 Å². The Morgan fingerprint density at radius 2 is 1.82 bits per heavy atom. The van der Waals surface area contributed by atoms with Crippen molar-refractivity contribution in [3.8, 4) is 0 Å². The second-order valence-corrected chi connectivity index (χ2v) is 3.71. The molecule has 0 fully saturated rings. The van der Waals surface area contributed by atoms with Gasteiger partial charge >= 0.3 is 0 Å². The molecule has 0 radical (unpaired) electrons. The highest BCUT2D eigenvalue weighted by molar-refractivity contribution is 14.1. The fraction of sp³-hybridized carbons (Fsp3) is 0.143. The molecule has 0 unspecified atom stereocenters. The Labute approximate surface area is 85.3 Å². The summed E-state index contributed by atoms with van der Waals surface area (Å²) in [5, 5.41) is 0.544. The van der Waals surface area contributed by atoms with E-state index >= 15 is 0 Å². The highest BCUT2D eigenvalue weighted by Gasteiger charge is 2.05. The van der Waals surface area contributed by atoms with Crippen molar-refractivity contribution in [2.24, 2.45) is 0 Å². The predicted octanol–water partition coefficient (Wildman–Crippen LogP) is 3.46. The summed E-state index contributed by atoms with van der Waals surface area (Å²) in [5.74, 6) is -1.58. The van der Waals surface area contributed by atoms with Crippen LogP contribution in [0.3, 0.4) is 0 Å². The van der Waals surface area contributed by atoms with E-state index in [1.807, 2.05) is 22.6 Å². The lowest BCUT2D eigenvalue weighted by molar-refractivity contribution is 0.507. The zero-order valence-electron chi connectivity index (χ0n) is 5.37. The van der Waals surface area contributed by atoms with Gasteiger partial charge in [0.25, 0.3) is 0 Å². The molecular weight excluding hydrogens is 329 g/mol. The molecule has 0 nitrogen and oxygen atoms in total. The van der Waals surface area contributed by atoms with Crippen LogP contribution in [0.15, 0.2) is 12.1 Å². The van der Waals surface area contributed by atoms with Gasteiger partial charge in [-0.1, -0.05) is 15.9 Å². The first-order valence-corrected chi connectivity index (χ1v) is 5.04. The largest absolute Gasteiger partial charge is 0.204 e. The van der Waals surface area contributed by atoms with Crippen molar-refractivity contribution in [2.45, 2.75) is 5.33 Å². The third-order valence-electron chi connectivity index (χ3n) is 1.23. The van der Waals surface area contributed by atoms with E-state index in [1.165, 1.54) is 12.1 Å². The van der Waals surface area contributed by atoms with Gasteiger partial charge in [0.15, 0.2) is 11.6 Å². The molecular formula is C7H4BrF2I. The zero-order chi connectivity index (χ0) is 8.43. The van der Waals surface area contributed by atoms with Gasteiger partial charge in [0.2, 0.25) is 0 Å². The monoisotopic (exact) mass is 332 g/mol. The van der Waals surface area contributed by atoms with Gasteiger partial charge in [0.1, 0.15) is 0 Å². The first-order chi connectivity index (χ1) is 5.15. The van der Waals surface area contributed by atoms with Gasteiger partial charge in [-0.3, -0.25) is 0 Å². The fourth-order valence-electron chi connectivity index (χ4n) is 0.666. The van der Waals surface area contributed by atoms with Crippen LogP contribution in [0.1, 0.15) is 5.56 Å². The summed E-state index contributed by atoms with van der Waals surface area (Å²) in [5.41, 5.74) is 0.768. The van der Waals surface area contributed by atoms with Crippen LogP contribution in [0.5, 0.6) is 0 Å². The lowest BCUT2D eigenvalue weighted by atomic mass is 10.2. The summed E-state index contributed by atoms with van der Waals surface area (Å²) in [7, 11) is 0. The molecule has 0 saturated heterocycles. The summed E-state index contributed by atoms with van der Waals surface area (Å²) >= 11 is 5.14. The van der Waals surface area contributed by atoms with Crippen LogP contribution in [-0.4, -0.2) is 0 Å². The lowest BCUT2D eigenvalue weighted by Gasteiger charge is -2.00. The first-order valence-electron chi connectivity index (χ1n) is 2.84. The minimum Gasteiger partial charge on any atom is -0.204 e. The van der Waals surface area contributed by atoms with E-state index in [0.29, 0.717) is 5.33 Å². The molecule has 0 aliphatic rings. The highest BCUT2D eigenvalue weighted by Crippen LogP contribution is 2.18. The van der Waals surface area contributed by atoms with Crippen molar-refractivity contribution in [1.29, 1.82) is 0 Å². The number of rotatable bonds is 1. The maximum Gasteiger partial charge on any atom is 0.159 e. The molecule has 0 amide bonds. The Morgan fingerprint density at radius 3 is 2.36 bits per heavy atom. The summed E-state index contributed by atoms with van der Waals surface area (Å²) in [6.45, 7) is 0. The Kier molecular flexibility index (Phi) is 3.24. The molecule has 0 N–H and O–H groups in total. The molecule has 4 heteroatoms. The molecule has 0 spiro atoms. The maximum atomic E-state index is 12.5. The standard InChI is InChI=1S/C7H4BrF2I/c8-3-4-1-5(9)6(10)2-7(4)11/h1-2H,3H2. The summed E-state index contributed by atoms with van der Waals surface area (Å²) in [6.07, 6.45) is 0. The van der Waals surface area contributed by atoms with E-state index in [4.69, 9.17) is 0 Å². The average molecular weight is 333 g/mol. The summed E-state index contributed by atoms with van der Waals surface area (Å²) in [4.78, 5) is 0. The second-order valence-electron chi connectivity index (χ2n) is 1.99. The van der Waals surface area contributed by atoms with E-state index in [9.17, 15) is 8.78 Å². The maximum absolute atomic E-state index is 12.5. The van der Waals surface area contributed by atoms with E-state index in [-0.39, 0.29) is 0 Å². The van der Waals surface area contributed by atoms with Gasteiger partial charge < -0.3 is 0 Å². The Hall–Kier alpha value is 0.290. The van der Waals surface area contributed by atoms with Gasteiger partial charge in [0.05, 0.1) is 0 Å². The zero-order valence-corrected chi connectivity index (χ0v) is 9.12.